The number of ether oxygens (including phenoxy) is 2. The minimum Gasteiger partial charge on any atom is -0.406 e. The molecule has 2 fully saturated rings. The Labute approximate surface area is 218 Å². The molecule has 2 unspecified atom stereocenters. The third-order valence-corrected chi connectivity index (χ3v) is 6.67. The number of hydrogen-bond donors (Lipinski definition) is 3. The minimum absolute atomic E-state index is 0.0877. The number of nitrogens with one attached hydrogen (secondary N) is 2. The molecule has 38 heavy (non-hydrogen) atoms. The van der Waals surface area contributed by atoms with Crippen molar-refractivity contribution in [3.8, 4) is 5.75 Å². The van der Waals surface area contributed by atoms with E-state index in [2.05, 4.69) is 20.3 Å². The number of anilines is 3. The maximum Gasteiger partial charge on any atom is 0.573 e. The highest BCUT2D eigenvalue weighted by Gasteiger charge is 2.44. The van der Waals surface area contributed by atoms with Gasteiger partial charge < -0.3 is 30.1 Å². The van der Waals surface area contributed by atoms with E-state index in [1.165, 1.54) is 19.1 Å². The van der Waals surface area contributed by atoms with E-state index in [-0.39, 0.29) is 30.6 Å². The van der Waals surface area contributed by atoms with Gasteiger partial charge in [0.15, 0.2) is 0 Å². The van der Waals surface area contributed by atoms with Crippen LogP contribution in [0.4, 0.5) is 30.2 Å². The van der Waals surface area contributed by atoms with E-state index >= 15 is 0 Å². The van der Waals surface area contributed by atoms with Gasteiger partial charge in [-0.15, -0.1) is 13.2 Å². The van der Waals surface area contributed by atoms with E-state index in [0.717, 1.165) is 5.69 Å². The number of carbonyl (C=O) groups is 2. The first-order valence-electron chi connectivity index (χ1n) is 12.3. The van der Waals surface area contributed by atoms with Crippen LogP contribution in [0.25, 0.3) is 0 Å². The first-order chi connectivity index (χ1) is 18.0. The second-order valence-corrected chi connectivity index (χ2v) is 9.56. The highest BCUT2D eigenvalue weighted by molar-refractivity contribution is 5.92. The van der Waals surface area contributed by atoms with Crippen molar-refractivity contribution in [3.05, 3.63) is 48.5 Å². The Morgan fingerprint density at radius 2 is 1.71 bits per heavy atom. The van der Waals surface area contributed by atoms with E-state index in [1.54, 1.807) is 36.4 Å². The van der Waals surface area contributed by atoms with Crippen LogP contribution in [0.1, 0.15) is 19.8 Å². The Balaban J connectivity index is 1.32. The zero-order valence-electron chi connectivity index (χ0n) is 21.0. The molecule has 1 spiro atoms. The molecule has 0 bridgehead atoms. The van der Waals surface area contributed by atoms with Crippen molar-refractivity contribution >= 4 is 28.9 Å². The number of nitrogens with zero attached hydrogens (tertiary/aromatic N) is 2. The van der Waals surface area contributed by atoms with Gasteiger partial charge in [-0.25, -0.2) is 0 Å². The van der Waals surface area contributed by atoms with Gasteiger partial charge >= 0.3 is 6.36 Å². The predicted octanol–water partition coefficient (Wildman–Crippen LogP) is 3.21. The standard InChI is InChI=1S/C26H31F3N4O5/c1-18(35)30-19-2-4-20(5-3-19)31-24(36)14-22(15-34)33-12-13-37-25(17-33)10-11-32(16-25)21-6-8-23(9-7-21)38-26(27,28)29/h2-9,22,34H,10-17H2,1H3,(H,30,35)(H,31,36). The van der Waals surface area contributed by atoms with Crippen LogP contribution < -0.4 is 20.3 Å². The van der Waals surface area contributed by atoms with Crippen molar-refractivity contribution in [3.63, 3.8) is 0 Å². The van der Waals surface area contributed by atoms with E-state index in [1.807, 2.05) is 4.90 Å². The van der Waals surface area contributed by atoms with E-state index in [9.17, 15) is 27.9 Å². The SMILES string of the molecule is CC(=O)Nc1ccc(NC(=O)CC(CO)N2CCOC3(CCN(c4ccc(OC(F)(F)F)cc4)C3)C2)cc1. The largest absolute Gasteiger partial charge is 0.573 e. The molecule has 0 radical (unpaired) electrons. The van der Waals surface area contributed by atoms with Crippen molar-refractivity contribution < 1.29 is 37.3 Å². The fraction of sp³-hybridized carbons (Fsp3) is 0.462. The lowest BCUT2D eigenvalue weighted by molar-refractivity contribution is -0.274. The van der Waals surface area contributed by atoms with Crippen LogP contribution in [0.15, 0.2) is 48.5 Å². The number of carbonyl (C=O) groups excluding carboxylic acids is 2. The van der Waals surface area contributed by atoms with Gasteiger partial charge in [0, 0.05) is 62.6 Å². The van der Waals surface area contributed by atoms with E-state index < -0.39 is 18.0 Å². The van der Waals surface area contributed by atoms with Crippen LogP contribution in [0.3, 0.4) is 0 Å². The molecule has 0 aromatic heterocycles. The number of halogens is 3. The fourth-order valence-corrected chi connectivity index (χ4v) is 4.93. The molecule has 2 aromatic rings. The summed E-state index contributed by atoms with van der Waals surface area (Å²) in [5.74, 6) is -0.705. The Hall–Kier alpha value is -3.35. The third kappa shape index (κ3) is 7.36. The number of hydrogen-bond acceptors (Lipinski definition) is 7. The number of aliphatic hydroxyl groups is 1. The molecule has 2 heterocycles. The zero-order chi connectivity index (χ0) is 27.3. The summed E-state index contributed by atoms with van der Waals surface area (Å²) < 4.78 is 47.4. The normalized spacial score (nSPS) is 20.8. The van der Waals surface area contributed by atoms with Crippen molar-refractivity contribution in [1.82, 2.24) is 4.90 Å². The molecule has 0 aliphatic carbocycles. The molecule has 2 aliphatic heterocycles. The molecule has 2 aromatic carbocycles. The Morgan fingerprint density at radius 1 is 1.05 bits per heavy atom. The zero-order valence-corrected chi connectivity index (χ0v) is 21.0. The van der Waals surface area contributed by atoms with Crippen molar-refractivity contribution in [2.24, 2.45) is 0 Å². The summed E-state index contributed by atoms with van der Waals surface area (Å²) in [7, 11) is 0. The van der Waals surface area contributed by atoms with Gasteiger partial charge in [-0.3, -0.25) is 14.5 Å². The Morgan fingerprint density at radius 3 is 2.32 bits per heavy atom. The number of aliphatic hydroxyl groups excluding tert-OH is 1. The van der Waals surface area contributed by atoms with Crippen LogP contribution in [0, 0.1) is 0 Å². The summed E-state index contributed by atoms with van der Waals surface area (Å²) in [5, 5.41) is 15.6. The van der Waals surface area contributed by atoms with Gasteiger partial charge in [-0.2, -0.15) is 0 Å². The van der Waals surface area contributed by atoms with Gasteiger partial charge in [0.25, 0.3) is 0 Å². The van der Waals surface area contributed by atoms with Gasteiger partial charge in [0.1, 0.15) is 5.75 Å². The molecule has 9 nitrogen and oxygen atoms in total. The molecule has 2 aliphatic rings. The lowest BCUT2D eigenvalue weighted by Gasteiger charge is -2.43. The second-order valence-electron chi connectivity index (χ2n) is 9.56. The van der Waals surface area contributed by atoms with Crippen molar-refractivity contribution in [1.29, 1.82) is 0 Å². The fourth-order valence-electron chi connectivity index (χ4n) is 4.93. The first-order valence-corrected chi connectivity index (χ1v) is 12.3. The van der Waals surface area contributed by atoms with Gasteiger partial charge in [0.2, 0.25) is 11.8 Å². The maximum absolute atomic E-state index is 12.7. The molecule has 0 saturated carbocycles. The second kappa shape index (κ2) is 11.6. The number of alkyl halides is 3. The lowest BCUT2D eigenvalue weighted by Crippen LogP contribution is -2.57. The van der Waals surface area contributed by atoms with Gasteiger partial charge in [0.05, 0.1) is 18.8 Å². The average Bonchev–Trinajstić information content (AvgIpc) is 3.25. The van der Waals surface area contributed by atoms with Crippen LogP contribution in [0.5, 0.6) is 5.75 Å². The topological polar surface area (TPSA) is 103 Å². The van der Waals surface area contributed by atoms with Crippen molar-refractivity contribution in [2.75, 3.05) is 54.9 Å². The summed E-state index contributed by atoms with van der Waals surface area (Å²) in [5.41, 5.74) is 1.46. The molecule has 3 N–H and O–H groups in total. The average molecular weight is 537 g/mol. The molecule has 2 saturated heterocycles. The highest BCUT2D eigenvalue weighted by atomic mass is 19.4. The van der Waals surface area contributed by atoms with Crippen LogP contribution in [-0.2, 0) is 14.3 Å². The Kier molecular flexibility index (Phi) is 8.44. The molecule has 4 rings (SSSR count). The summed E-state index contributed by atoms with van der Waals surface area (Å²) in [6, 6.07) is 12.1. The molecule has 206 valence electrons. The number of benzene rings is 2. The minimum atomic E-state index is -4.74. The summed E-state index contributed by atoms with van der Waals surface area (Å²) in [6.45, 7) is 3.93. The van der Waals surface area contributed by atoms with Gasteiger partial charge in [-0.1, -0.05) is 0 Å². The molecule has 2 amide bonds. The monoisotopic (exact) mass is 536 g/mol. The third-order valence-electron chi connectivity index (χ3n) is 6.67. The molecular formula is C26H31F3N4O5. The number of amides is 2. The summed E-state index contributed by atoms with van der Waals surface area (Å²) >= 11 is 0. The molecule has 2 atom stereocenters. The summed E-state index contributed by atoms with van der Waals surface area (Å²) in [6.07, 6.45) is -3.95. The molecular weight excluding hydrogens is 505 g/mol. The number of rotatable bonds is 8. The Bertz CT molecular complexity index is 1110. The first kappa shape index (κ1) is 27.7. The van der Waals surface area contributed by atoms with E-state index in [4.69, 9.17) is 4.74 Å². The predicted molar refractivity (Wildman–Crippen MR) is 135 cm³/mol. The smallest absolute Gasteiger partial charge is 0.406 e. The molecule has 12 heteroatoms. The lowest BCUT2D eigenvalue weighted by atomic mass is 9.98. The van der Waals surface area contributed by atoms with Gasteiger partial charge in [-0.05, 0) is 55.0 Å². The maximum atomic E-state index is 12.7. The quantitative estimate of drug-likeness (QED) is 0.476. The van der Waals surface area contributed by atoms with Crippen LogP contribution >= 0.6 is 0 Å². The van der Waals surface area contributed by atoms with Crippen molar-refractivity contribution in [2.45, 2.75) is 37.8 Å². The highest BCUT2D eigenvalue weighted by Crippen LogP contribution is 2.34. The van der Waals surface area contributed by atoms with Crippen LogP contribution in [0.2, 0.25) is 0 Å². The van der Waals surface area contributed by atoms with Crippen LogP contribution in [-0.4, -0.2) is 79.2 Å². The number of morpholine rings is 1. The summed E-state index contributed by atoms with van der Waals surface area (Å²) in [4.78, 5) is 28.0. The van der Waals surface area contributed by atoms with E-state index in [0.29, 0.717) is 50.6 Å².